The Bertz CT molecular complexity index is 788. The summed E-state index contributed by atoms with van der Waals surface area (Å²) in [4.78, 5) is 13.3. The van der Waals surface area contributed by atoms with E-state index in [2.05, 4.69) is 36.4 Å². The van der Waals surface area contributed by atoms with Gasteiger partial charge in [0.15, 0.2) is 5.78 Å². The number of Topliss-reactive ketones (excluding diaryl/α,β-unsaturated/α-hetero) is 1. The van der Waals surface area contributed by atoms with Gasteiger partial charge in [-0.2, -0.15) is 0 Å². The topological polar surface area (TPSA) is 17.1 Å². The number of fused-ring (bicyclic) bond motifs is 5. The normalized spacial score (nSPS) is 33.4. The molecule has 0 aliphatic heterocycles. The predicted octanol–water partition coefficient (Wildman–Crippen LogP) is 5.40. The molecular weight excluding hydrogens is 304 g/mol. The SMILES string of the molecule is O=C1C(=Cc2ccccc2)C2C3CCC(C3)C2C1=Cc1ccccc1. The molecular formula is C24H22O. The highest BCUT2D eigenvalue weighted by molar-refractivity contribution is 6.17. The molecule has 0 radical (unpaired) electrons. The zero-order valence-corrected chi connectivity index (χ0v) is 14.3. The molecule has 3 fully saturated rings. The van der Waals surface area contributed by atoms with E-state index in [9.17, 15) is 4.79 Å². The van der Waals surface area contributed by atoms with Crippen molar-refractivity contribution in [2.45, 2.75) is 19.3 Å². The first-order valence-corrected chi connectivity index (χ1v) is 9.39. The van der Waals surface area contributed by atoms with Gasteiger partial charge in [-0.1, -0.05) is 60.7 Å². The van der Waals surface area contributed by atoms with Crippen LogP contribution < -0.4 is 0 Å². The molecule has 0 heterocycles. The van der Waals surface area contributed by atoms with E-state index < -0.39 is 0 Å². The number of rotatable bonds is 2. The summed E-state index contributed by atoms with van der Waals surface area (Å²) in [6.45, 7) is 0. The zero-order chi connectivity index (χ0) is 16.8. The third kappa shape index (κ3) is 2.41. The van der Waals surface area contributed by atoms with Crippen LogP contribution in [-0.4, -0.2) is 5.78 Å². The molecule has 0 saturated heterocycles. The molecule has 4 atom stereocenters. The molecule has 0 spiro atoms. The van der Waals surface area contributed by atoms with Crippen molar-refractivity contribution in [3.63, 3.8) is 0 Å². The molecule has 3 aliphatic rings. The third-order valence-corrected chi connectivity index (χ3v) is 6.40. The molecule has 2 bridgehead atoms. The fourth-order valence-electron chi connectivity index (χ4n) is 5.44. The lowest BCUT2D eigenvalue weighted by molar-refractivity contribution is -0.111. The zero-order valence-electron chi connectivity index (χ0n) is 14.3. The van der Waals surface area contributed by atoms with E-state index in [0.29, 0.717) is 29.5 Å². The molecule has 2 aromatic rings. The molecule has 124 valence electrons. The van der Waals surface area contributed by atoms with Gasteiger partial charge in [0, 0.05) is 11.1 Å². The maximum absolute atomic E-state index is 13.3. The van der Waals surface area contributed by atoms with Gasteiger partial charge in [-0.05, 0) is 66.2 Å². The van der Waals surface area contributed by atoms with Crippen molar-refractivity contribution in [1.29, 1.82) is 0 Å². The maximum Gasteiger partial charge on any atom is 0.185 e. The summed E-state index contributed by atoms with van der Waals surface area (Å²) < 4.78 is 0. The molecule has 3 saturated carbocycles. The molecule has 0 amide bonds. The van der Waals surface area contributed by atoms with Gasteiger partial charge in [-0.3, -0.25) is 4.79 Å². The molecule has 1 heteroatoms. The van der Waals surface area contributed by atoms with Crippen LogP contribution in [0.4, 0.5) is 0 Å². The molecule has 4 unspecified atom stereocenters. The highest BCUT2D eigenvalue weighted by atomic mass is 16.1. The molecule has 2 aromatic carbocycles. The summed E-state index contributed by atoms with van der Waals surface area (Å²) in [5, 5.41) is 0. The van der Waals surface area contributed by atoms with Crippen molar-refractivity contribution in [3.05, 3.63) is 82.9 Å². The minimum Gasteiger partial charge on any atom is -0.289 e. The van der Waals surface area contributed by atoms with E-state index in [-0.39, 0.29) is 0 Å². The molecule has 0 aromatic heterocycles. The number of carbonyl (C=O) groups excluding carboxylic acids is 1. The van der Waals surface area contributed by atoms with Gasteiger partial charge in [0.1, 0.15) is 0 Å². The lowest BCUT2D eigenvalue weighted by Gasteiger charge is -2.25. The van der Waals surface area contributed by atoms with Crippen molar-refractivity contribution < 1.29 is 4.79 Å². The first kappa shape index (κ1) is 14.9. The van der Waals surface area contributed by atoms with E-state index in [0.717, 1.165) is 22.3 Å². The predicted molar refractivity (Wildman–Crippen MR) is 102 cm³/mol. The van der Waals surface area contributed by atoms with Crippen LogP contribution in [0.15, 0.2) is 71.8 Å². The quantitative estimate of drug-likeness (QED) is 0.675. The minimum absolute atomic E-state index is 0.291. The highest BCUT2D eigenvalue weighted by Gasteiger charge is 2.56. The Morgan fingerprint density at radius 2 is 1.12 bits per heavy atom. The first-order chi connectivity index (χ1) is 12.3. The van der Waals surface area contributed by atoms with Crippen LogP contribution in [-0.2, 0) is 4.79 Å². The van der Waals surface area contributed by atoms with Crippen LogP contribution >= 0.6 is 0 Å². The Balaban J connectivity index is 1.61. The van der Waals surface area contributed by atoms with Crippen LogP contribution in [0.1, 0.15) is 30.4 Å². The van der Waals surface area contributed by atoms with E-state index >= 15 is 0 Å². The average Bonchev–Trinajstić information content (AvgIpc) is 3.33. The fraction of sp³-hybridized carbons (Fsp3) is 0.292. The monoisotopic (exact) mass is 326 g/mol. The second-order valence-corrected chi connectivity index (χ2v) is 7.73. The van der Waals surface area contributed by atoms with Crippen molar-refractivity contribution in [3.8, 4) is 0 Å². The standard InChI is InChI=1S/C24H22O/c25-24-20(13-16-7-3-1-4-8-16)22-18-11-12-19(15-18)23(22)21(24)14-17-9-5-2-6-10-17/h1-10,13-14,18-19,22-23H,11-12,15H2. The summed E-state index contributed by atoms with van der Waals surface area (Å²) >= 11 is 0. The van der Waals surface area contributed by atoms with Gasteiger partial charge in [-0.15, -0.1) is 0 Å². The average molecular weight is 326 g/mol. The van der Waals surface area contributed by atoms with Crippen LogP contribution in [0.25, 0.3) is 12.2 Å². The number of hydrogen-bond acceptors (Lipinski definition) is 1. The second kappa shape index (κ2) is 5.84. The Labute approximate surface area is 149 Å². The van der Waals surface area contributed by atoms with Gasteiger partial charge < -0.3 is 0 Å². The Kier molecular flexibility index (Phi) is 3.48. The summed E-state index contributed by atoms with van der Waals surface area (Å²) in [7, 11) is 0. The van der Waals surface area contributed by atoms with Gasteiger partial charge >= 0.3 is 0 Å². The van der Waals surface area contributed by atoms with Crippen LogP contribution in [0.3, 0.4) is 0 Å². The largest absolute Gasteiger partial charge is 0.289 e. The first-order valence-electron chi connectivity index (χ1n) is 9.39. The Hall–Kier alpha value is -2.41. The fourth-order valence-corrected chi connectivity index (χ4v) is 5.44. The van der Waals surface area contributed by atoms with Gasteiger partial charge in [0.25, 0.3) is 0 Å². The van der Waals surface area contributed by atoms with Gasteiger partial charge in [0.2, 0.25) is 0 Å². The minimum atomic E-state index is 0.291. The maximum atomic E-state index is 13.3. The van der Waals surface area contributed by atoms with Crippen LogP contribution in [0.2, 0.25) is 0 Å². The molecule has 25 heavy (non-hydrogen) atoms. The van der Waals surface area contributed by atoms with Crippen LogP contribution in [0, 0.1) is 23.7 Å². The van der Waals surface area contributed by atoms with Gasteiger partial charge in [0.05, 0.1) is 0 Å². The number of hydrogen-bond donors (Lipinski definition) is 0. The van der Waals surface area contributed by atoms with E-state index in [1.54, 1.807) is 0 Å². The molecule has 0 N–H and O–H groups in total. The highest BCUT2D eigenvalue weighted by Crippen LogP contribution is 2.61. The Morgan fingerprint density at radius 1 is 0.680 bits per heavy atom. The summed E-state index contributed by atoms with van der Waals surface area (Å²) in [5.74, 6) is 2.59. The van der Waals surface area contributed by atoms with Crippen molar-refractivity contribution >= 4 is 17.9 Å². The Morgan fingerprint density at radius 3 is 1.56 bits per heavy atom. The third-order valence-electron chi connectivity index (χ3n) is 6.40. The van der Waals surface area contributed by atoms with Crippen molar-refractivity contribution in [1.82, 2.24) is 0 Å². The number of ketones is 1. The summed E-state index contributed by atoms with van der Waals surface area (Å²) in [6.07, 6.45) is 8.22. The summed E-state index contributed by atoms with van der Waals surface area (Å²) in [6, 6.07) is 20.6. The van der Waals surface area contributed by atoms with Crippen molar-refractivity contribution in [2.24, 2.45) is 23.7 Å². The number of benzene rings is 2. The number of allylic oxidation sites excluding steroid dienone is 2. The molecule has 1 nitrogen and oxygen atoms in total. The van der Waals surface area contributed by atoms with Gasteiger partial charge in [-0.25, -0.2) is 0 Å². The number of carbonyl (C=O) groups is 1. The summed E-state index contributed by atoms with van der Waals surface area (Å²) in [5.41, 5.74) is 4.41. The van der Waals surface area contributed by atoms with E-state index in [4.69, 9.17) is 0 Å². The lowest BCUT2D eigenvalue weighted by atomic mass is 9.78. The molecule has 3 aliphatic carbocycles. The smallest absolute Gasteiger partial charge is 0.185 e. The lowest BCUT2D eigenvalue weighted by Crippen LogP contribution is -2.18. The van der Waals surface area contributed by atoms with Crippen LogP contribution in [0.5, 0.6) is 0 Å². The second-order valence-electron chi connectivity index (χ2n) is 7.73. The van der Waals surface area contributed by atoms with Crippen molar-refractivity contribution in [2.75, 3.05) is 0 Å². The van der Waals surface area contributed by atoms with E-state index in [1.165, 1.54) is 19.3 Å². The van der Waals surface area contributed by atoms with E-state index in [1.807, 2.05) is 36.4 Å². The molecule has 5 rings (SSSR count).